The van der Waals surface area contributed by atoms with Crippen LogP contribution in [0.5, 0.6) is 0 Å². The molecular formula is C13H23N3O3. The molecule has 1 aromatic rings. The molecule has 0 aliphatic heterocycles. The SMILES string of the molecule is CCNc1cc(C)nc(COCCOCCOC)n1. The Balaban J connectivity index is 2.25. The molecule has 1 heterocycles. The van der Waals surface area contributed by atoms with E-state index < -0.39 is 0 Å². The van der Waals surface area contributed by atoms with Crippen LogP contribution in [0.15, 0.2) is 6.07 Å². The predicted octanol–water partition coefficient (Wildman–Crippen LogP) is 1.40. The molecule has 0 aromatic carbocycles. The van der Waals surface area contributed by atoms with E-state index in [-0.39, 0.29) is 0 Å². The zero-order chi connectivity index (χ0) is 13.9. The fourth-order valence-corrected chi connectivity index (χ4v) is 1.49. The third kappa shape index (κ3) is 7.05. The van der Waals surface area contributed by atoms with E-state index >= 15 is 0 Å². The zero-order valence-electron chi connectivity index (χ0n) is 11.9. The summed E-state index contributed by atoms with van der Waals surface area (Å²) in [6, 6.07) is 1.92. The standard InChI is InChI=1S/C13H23N3O3/c1-4-14-12-9-11(2)15-13(16-12)10-19-8-7-18-6-5-17-3/h9H,4-8,10H2,1-3H3,(H,14,15,16). The van der Waals surface area contributed by atoms with Gasteiger partial charge in [-0.1, -0.05) is 0 Å². The van der Waals surface area contributed by atoms with Crippen molar-refractivity contribution in [2.45, 2.75) is 20.5 Å². The van der Waals surface area contributed by atoms with Crippen LogP contribution in [0.25, 0.3) is 0 Å². The van der Waals surface area contributed by atoms with Gasteiger partial charge in [0.15, 0.2) is 5.82 Å². The van der Waals surface area contributed by atoms with Crippen molar-refractivity contribution < 1.29 is 14.2 Å². The monoisotopic (exact) mass is 269 g/mol. The molecule has 1 aromatic heterocycles. The van der Waals surface area contributed by atoms with E-state index in [4.69, 9.17) is 14.2 Å². The van der Waals surface area contributed by atoms with Crippen molar-refractivity contribution in [1.29, 1.82) is 0 Å². The summed E-state index contributed by atoms with van der Waals surface area (Å²) in [6.45, 7) is 7.48. The lowest BCUT2D eigenvalue weighted by atomic mass is 10.4. The van der Waals surface area contributed by atoms with E-state index in [1.54, 1.807) is 7.11 Å². The molecule has 0 radical (unpaired) electrons. The summed E-state index contributed by atoms with van der Waals surface area (Å²) < 4.78 is 15.6. The molecule has 0 unspecified atom stereocenters. The molecule has 0 amide bonds. The lowest BCUT2D eigenvalue weighted by Crippen LogP contribution is -2.10. The van der Waals surface area contributed by atoms with Gasteiger partial charge in [0.25, 0.3) is 0 Å². The maximum Gasteiger partial charge on any atom is 0.156 e. The third-order valence-corrected chi connectivity index (χ3v) is 2.29. The molecule has 0 atom stereocenters. The molecule has 6 nitrogen and oxygen atoms in total. The quantitative estimate of drug-likeness (QED) is 0.648. The number of hydrogen-bond acceptors (Lipinski definition) is 6. The summed E-state index contributed by atoms with van der Waals surface area (Å²) in [4.78, 5) is 8.69. The predicted molar refractivity (Wildman–Crippen MR) is 73.3 cm³/mol. The number of aryl methyl sites for hydroxylation is 1. The lowest BCUT2D eigenvalue weighted by Gasteiger charge is -2.08. The Morgan fingerprint density at radius 3 is 2.58 bits per heavy atom. The van der Waals surface area contributed by atoms with Crippen molar-refractivity contribution in [2.24, 2.45) is 0 Å². The Bertz CT molecular complexity index is 361. The second kappa shape index (κ2) is 9.66. The number of nitrogens with zero attached hydrogens (tertiary/aromatic N) is 2. The average molecular weight is 269 g/mol. The number of methoxy groups -OCH3 is 1. The van der Waals surface area contributed by atoms with Crippen LogP contribution in [0, 0.1) is 6.92 Å². The minimum atomic E-state index is 0.397. The number of hydrogen-bond donors (Lipinski definition) is 1. The van der Waals surface area contributed by atoms with Crippen molar-refractivity contribution in [3.63, 3.8) is 0 Å². The maximum absolute atomic E-state index is 5.47. The number of anilines is 1. The molecule has 0 spiro atoms. The average Bonchev–Trinajstić information content (AvgIpc) is 2.37. The summed E-state index contributed by atoms with van der Waals surface area (Å²) in [5, 5.41) is 3.17. The summed E-state index contributed by atoms with van der Waals surface area (Å²) in [5.41, 5.74) is 0.931. The molecular weight excluding hydrogens is 246 g/mol. The molecule has 0 bridgehead atoms. The van der Waals surface area contributed by atoms with Gasteiger partial charge in [-0.15, -0.1) is 0 Å². The molecule has 19 heavy (non-hydrogen) atoms. The fraction of sp³-hybridized carbons (Fsp3) is 0.692. The van der Waals surface area contributed by atoms with Gasteiger partial charge in [0, 0.05) is 25.4 Å². The highest BCUT2D eigenvalue weighted by molar-refractivity contribution is 5.35. The van der Waals surface area contributed by atoms with Crippen LogP contribution in [0.1, 0.15) is 18.4 Å². The van der Waals surface area contributed by atoms with Gasteiger partial charge in [0.1, 0.15) is 12.4 Å². The van der Waals surface area contributed by atoms with Crippen LogP contribution in [0.4, 0.5) is 5.82 Å². The van der Waals surface area contributed by atoms with Crippen LogP contribution in [-0.2, 0) is 20.8 Å². The first kappa shape index (κ1) is 15.8. The van der Waals surface area contributed by atoms with Crippen LogP contribution < -0.4 is 5.32 Å². The first-order valence-corrected chi connectivity index (χ1v) is 6.49. The van der Waals surface area contributed by atoms with Crippen LogP contribution in [0.2, 0.25) is 0 Å². The van der Waals surface area contributed by atoms with Crippen LogP contribution in [0.3, 0.4) is 0 Å². The van der Waals surface area contributed by atoms with E-state index in [0.717, 1.165) is 18.1 Å². The van der Waals surface area contributed by atoms with E-state index in [1.165, 1.54) is 0 Å². The third-order valence-electron chi connectivity index (χ3n) is 2.29. The number of nitrogens with one attached hydrogen (secondary N) is 1. The number of ether oxygens (including phenoxy) is 3. The smallest absolute Gasteiger partial charge is 0.156 e. The van der Waals surface area contributed by atoms with Gasteiger partial charge in [-0.25, -0.2) is 9.97 Å². The van der Waals surface area contributed by atoms with E-state index in [1.807, 2.05) is 19.9 Å². The second-order valence-corrected chi connectivity index (χ2v) is 4.00. The van der Waals surface area contributed by atoms with E-state index in [9.17, 15) is 0 Å². The summed E-state index contributed by atoms with van der Waals surface area (Å²) >= 11 is 0. The van der Waals surface area contributed by atoms with E-state index in [0.29, 0.717) is 38.9 Å². The fourth-order valence-electron chi connectivity index (χ4n) is 1.49. The molecule has 6 heteroatoms. The summed E-state index contributed by atoms with van der Waals surface area (Å²) in [7, 11) is 1.65. The Kier molecular flexibility index (Phi) is 8.04. The molecule has 1 N–H and O–H groups in total. The molecule has 0 saturated heterocycles. The van der Waals surface area contributed by atoms with Crippen molar-refractivity contribution in [2.75, 3.05) is 45.4 Å². The van der Waals surface area contributed by atoms with Crippen LogP contribution in [-0.4, -0.2) is 50.1 Å². The van der Waals surface area contributed by atoms with Crippen molar-refractivity contribution in [3.8, 4) is 0 Å². The summed E-state index contributed by atoms with van der Waals surface area (Å²) in [6.07, 6.45) is 0. The highest BCUT2D eigenvalue weighted by Gasteiger charge is 2.02. The van der Waals surface area contributed by atoms with Gasteiger partial charge in [0.2, 0.25) is 0 Å². The van der Waals surface area contributed by atoms with Gasteiger partial charge >= 0.3 is 0 Å². The van der Waals surface area contributed by atoms with Gasteiger partial charge in [-0.05, 0) is 13.8 Å². The molecule has 1 rings (SSSR count). The van der Waals surface area contributed by atoms with Gasteiger partial charge in [-0.3, -0.25) is 0 Å². The molecule has 0 fully saturated rings. The first-order valence-electron chi connectivity index (χ1n) is 6.49. The maximum atomic E-state index is 5.47. The second-order valence-electron chi connectivity index (χ2n) is 4.00. The van der Waals surface area contributed by atoms with Crippen LogP contribution >= 0.6 is 0 Å². The van der Waals surface area contributed by atoms with Crippen molar-refractivity contribution in [1.82, 2.24) is 9.97 Å². The zero-order valence-corrected chi connectivity index (χ0v) is 11.9. The number of rotatable bonds is 10. The van der Waals surface area contributed by atoms with Crippen molar-refractivity contribution >= 4 is 5.82 Å². The first-order chi connectivity index (χ1) is 9.26. The Morgan fingerprint density at radius 2 is 1.84 bits per heavy atom. The van der Waals surface area contributed by atoms with Crippen molar-refractivity contribution in [3.05, 3.63) is 17.6 Å². The molecule has 0 saturated carbocycles. The topological polar surface area (TPSA) is 65.5 Å². The largest absolute Gasteiger partial charge is 0.382 e. The lowest BCUT2D eigenvalue weighted by molar-refractivity contribution is 0.0184. The molecule has 108 valence electrons. The summed E-state index contributed by atoms with van der Waals surface area (Å²) in [5.74, 6) is 1.53. The van der Waals surface area contributed by atoms with E-state index in [2.05, 4.69) is 15.3 Å². The minimum Gasteiger partial charge on any atom is -0.382 e. The molecule has 0 aliphatic rings. The molecule has 0 aliphatic carbocycles. The Hall–Kier alpha value is -1.24. The normalized spacial score (nSPS) is 10.7. The van der Waals surface area contributed by atoms with Gasteiger partial charge in [0.05, 0.1) is 26.4 Å². The Labute approximate surface area is 114 Å². The number of aromatic nitrogens is 2. The Morgan fingerprint density at radius 1 is 1.11 bits per heavy atom. The highest BCUT2D eigenvalue weighted by Crippen LogP contribution is 2.06. The van der Waals surface area contributed by atoms with Gasteiger partial charge < -0.3 is 19.5 Å². The highest BCUT2D eigenvalue weighted by atomic mass is 16.5. The van der Waals surface area contributed by atoms with Gasteiger partial charge in [-0.2, -0.15) is 0 Å². The minimum absolute atomic E-state index is 0.397.